The minimum Gasteiger partial charge on any atom is -0.369 e. The summed E-state index contributed by atoms with van der Waals surface area (Å²) in [6.07, 6.45) is 0.980. The lowest BCUT2D eigenvalue weighted by atomic mass is 10.3. The van der Waals surface area contributed by atoms with Gasteiger partial charge in [-0.25, -0.2) is 0 Å². The highest BCUT2D eigenvalue weighted by atomic mass is 32.1. The summed E-state index contributed by atoms with van der Waals surface area (Å²) in [5.74, 6) is -0.371. The summed E-state index contributed by atoms with van der Waals surface area (Å²) in [6.45, 7) is 0. The van der Waals surface area contributed by atoms with Crippen LogP contribution in [0.5, 0.6) is 0 Å². The highest BCUT2D eigenvalue weighted by molar-refractivity contribution is 7.13. The summed E-state index contributed by atoms with van der Waals surface area (Å²) in [5, 5.41) is 0. The molecule has 0 fully saturated rings. The molecule has 11 heavy (non-hydrogen) atoms. The fourth-order valence-corrected chi connectivity index (χ4v) is 1.56. The van der Waals surface area contributed by atoms with Crippen molar-refractivity contribution in [3.05, 3.63) is 21.9 Å². The van der Waals surface area contributed by atoms with Gasteiger partial charge in [0.15, 0.2) is 6.29 Å². The van der Waals surface area contributed by atoms with E-state index in [-0.39, 0.29) is 12.3 Å². The van der Waals surface area contributed by atoms with E-state index in [2.05, 4.69) is 0 Å². The second-order valence-corrected chi connectivity index (χ2v) is 3.26. The summed E-state index contributed by atoms with van der Waals surface area (Å²) < 4.78 is 0. The zero-order chi connectivity index (χ0) is 8.27. The van der Waals surface area contributed by atoms with Crippen molar-refractivity contribution in [2.45, 2.75) is 6.42 Å². The van der Waals surface area contributed by atoms with Crippen LogP contribution in [-0.2, 0) is 11.2 Å². The molecule has 1 rings (SSSR count). The Bertz CT molecular complexity index is 280. The van der Waals surface area contributed by atoms with Gasteiger partial charge in [0.1, 0.15) is 0 Å². The molecule has 0 saturated carbocycles. The monoisotopic (exact) mass is 169 g/mol. The average molecular weight is 169 g/mol. The van der Waals surface area contributed by atoms with E-state index in [1.165, 1.54) is 11.3 Å². The van der Waals surface area contributed by atoms with Gasteiger partial charge in [-0.1, -0.05) is 0 Å². The molecule has 1 heterocycles. The Balaban J connectivity index is 2.72. The van der Waals surface area contributed by atoms with E-state index in [1.807, 2.05) is 0 Å². The van der Waals surface area contributed by atoms with Gasteiger partial charge in [-0.15, -0.1) is 11.3 Å². The average Bonchev–Trinajstić information content (AvgIpc) is 2.34. The van der Waals surface area contributed by atoms with Gasteiger partial charge in [0.2, 0.25) is 5.91 Å². The maximum atomic E-state index is 10.4. The van der Waals surface area contributed by atoms with E-state index in [0.29, 0.717) is 4.88 Å². The van der Waals surface area contributed by atoms with Crippen LogP contribution in [0.15, 0.2) is 12.1 Å². The topological polar surface area (TPSA) is 60.2 Å². The number of nitrogens with two attached hydrogens (primary N) is 1. The molecule has 0 aromatic carbocycles. The first-order chi connectivity index (χ1) is 5.22. The molecule has 1 aromatic rings. The molecule has 0 atom stereocenters. The van der Waals surface area contributed by atoms with Gasteiger partial charge in [0.05, 0.1) is 11.3 Å². The first-order valence-corrected chi connectivity index (χ1v) is 3.86. The lowest BCUT2D eigenvalue weighted by Gasteiger charge is -1.87. The number of primary amides is 1. The van der Waals surface area contributed by atoms with E-state index >= 15 is 0 Å². The zero-order valence-electron chi connectivity index (χ0n) is 5.74. The standard InChI is InChI=1S/C7H7NO2S/c8-7(10)3-5-1-2-6(4-9)11-5/h1-2,4H,3H2,(H2,8,10). The van der Waals surface area contributed by atoms with Crippen molar-refractivity contribution < 1.29 is 9.59 Å². The number of aldehydes is 1. The SMILES string of the molecule is NC(=O)Cc1ccc(C=O)s1. The Kier molecular flexibility index (Phi) is 2.38. The molecule has 0 aliphatic rings. The third-order valence-electron chi connectivity index (χ3n) is 1.15. The number of rotatable bonds is 3. The summed E-state index contributed by atoms with van der Waals surface area (Å²) in [5.41, 5.74) is 4.95. The summed E-state index contributed by atoms with van der Waals surface area (Å²) in [7, 11) is 0. The minimum atomic E-state index is -0.371. The third kappa shape index (κ3) is 2.16. The molecule has 1 aromatic heterocycles. The lowest BCUT2D eigenvalue weighted by molar-refractivity contribution is -0.117. The van der Waals surface area contributed by atoms with Crippen LogP contribution in [0.1, 0.15) is 14.5 Å². The van der Waals surface area contributed by atoms with Crippen LogP contribution in [0, 0.1) is 0 Å². The number of thiophene rings is 1. The summed E-state index contributed by atoms with van der Waals surface area (Å²) in [4.78, 5) is 22.1. The normalized spacial score (nSPS) is 9.45. The highest BCUT2D eigenvalue weighted by Gasteiger charge is 2.01. The molecule has 0 bridgehead atoms. The van der Waals surface area contributed by atoms with Gasteiger partial charge < -0.3 is 5.73 Å². The molecule has 58 valence electrons. The van der Waals surface area contributed by atoms with Crippen molar-refractivity contribution in [2.24, 2.45) is 5.73 Å². The lowest BCUT2D eigenvalue weighted by Crippen LogP contribution is -2.12. The van der Waals surface area contributed by atoms with Gasteiger partial charge in [-0.2, -0.15) is 0 Å². The molecular formula is C7H7NO2S. The number of carbonyl (C=O) groups is 2. The predicted molar refractivity (Wildman–Crippen MR) is 42.6 cm³/mol. The molecule has 0 saturated heterocycles. The maximum absolute atomic E-state index is 10.4. The van der Waals surface area contributed by atoms with Gasteiger partial charge in [-0.3, -0.25) is 9.59 Å². The minimum absolute atomic E-state index is 0.221. The predicted octanol–water partition coefficient (Wildman–Crippen LogP) is 0.588. The van der Waals surface area contributed by atoms with Gasteiger partial charge in [0, 0.05) is 4.88 Å². The van der Waals surface area contributed by atoms with E-state index in [4.69, 9.17) is 5.73 Å². The Labute approximate surface area is 67.8 Å². The fraction of sp³-hybridized carbons (Fsp3) is 0.143. The van der Waals surface area contributed by atoms with Gasteiger partial charge in [0.25, 0.3) is 0 Å². The smallest absolute Gasteiger partial charge is 0.222 e. The van der Waals surface area contributed by atoms with Crippen LogP contribution in [-0.4, -0.2) is 12.2 Å². The van der Waals surface area contributed by atoms with Crippen molar-refractivity contribution in [3.8, 4) is 0 Å². The number of carbonyl (C=O) groups excluding carboxylic acids is 2. The number of amides is 1. The van der Waals surface area contributed by atoms with Crippen LogP contribution in [0.3, 0.4) is 0 Å². The van der Waals surface area contributed by atoms with Crippen molar-refractivity contribution in [1.82, 2.24) is 0 Å². The van der Waals surface area contributed by atoms with Crippen LogP contribution >= 0.6 is 11.3 Å². The molecule has 4 heteroatoms. The van der Waals surface area contributed by atoms with E-state index in [0.717, 1.165) is 11.2 Å². The largest absolute Gasteiger partial charge is 0.369 e. The maximum Gasteiger partial charge on any atom is 0.222 e. The second kappa shape index (κ2) is 3.30. The molecule has 2 N–H and O–H groups in total. The van der Waals surface area contributed by atoms with Crippen molar-refractivity contribution in [1.29, 1.82) is 0 Å². The van der Waals surface area contributed by atoms with Crippen LogP contribution in [0.2, 0.25) is 0 Å². The van der Waals surface area contributed by atoms with Crippen LogP contribution in [0.25, 0.3) is 0 Å². The zero-order valence-corrected chi connectivity index (χ0v) is 6.56. The highest BCUT2D eigenvalue weighted by Crippen LogP contribution is 2.14. The van der Waals surface area contributed by atoms with Gasteiger partial charge in [-0.05, 0) is 12.1 Å². The van der Waals surface area contributed by atoms with Gasteiger partial charge >= 0.3 is 0 Å². The molecule has 0 spiro atoms. The number of hydrogen-bond donors (Lipinski definition) is 1. The first-order valence-electron chi connectivity index (χ1n) is 3.04. The first kappa shape index (κ1) is 7.94. The molecule has 0 unspecified atom stereocenters. The molecule has 0 radical (unpaired) electrons. The Morgan fingerprint density at radius 3 is 2.82 bits per heavy atom. The van der Waals surface area contributed by atoms with E-state index in [9.17, 15) is 9.59 Å². The molecule has 3 nitrogen and oxygen atoms in total. The molecule has 0 aliphatic heterocycles. The summed E-state index contributed by atoms with van der Waals surface area (Å²) >= 11 is 1.29. The van der Waals surface area contributed by atoms with E-state index < -0.39 is 0 Å². The quantitative estimate of drug-likeness (QED) is 0.673. The van der Waals surface area contributed by atoms with Crippen LogP contribution in [0.4, 0.5) is 0 Å². The Morgan fingerprint density at radius 2 is 2.36 bits per heavy atom. The van der Waals surface area contributed by atoms with Crippen molar-refractivity contribution in [2.75, 3.05) is 0 Å². The number of hydrogen-bond acceptors (Lipinski definition) is 3. The van der Waals surface area contributed by atoms with Crippen molar-refractivity contribution >= 4 is 23.5 Å². The molecular weight excluding hydrogens is 162 g/mol. The Morgan fingerprint density at radius 1 is 1.64 bits per heavy atom. The van der Waals surface area contributed by atoms with E-state index in [1.54, 1.807) is 12.1 Å². The summed E-state index contributed by atoms with van der Waals surface area (Å²) in [6, 6.07) is 3.41. The second-order valence-electron chi connectivity index (χ2n) is 2.07. The molecule has 1 amide bonds. The molecule has 0 aliphatic carbocycles. The Hall–Kier alpha value is -1.16. The van der Waals surface area contributed by atoms with Crippen LogP contribution < -0.4 is 5.73 Å². The third-order valence-corrected chi connectivity index (χ3v) is 2.16. The van der Waals surface area contributed by atoms with Crippen molar-refractivity contribution in [3.63, 3.8) is 0 Å². The fourth-order valence-electron chi connectivity index (χ4n) is 0.725.